The van der Waals surface area contributed by atoms with Crippen molar-refractivity contribution in [2.45, 2.75) is 12.3 Å². The van der Waals surface area contributed by atoms with Crippen molar-refractivity contribution in [1.82, 2.24) is 0 Å². The van der Waals surface area contributed by atoms with Crippen LogP contribution in [0.2, 0.25) is 0 Å². The van der Waals surface area contributed by atoms with Crippen LogP contribution in [0, 0.1) is 11.8 Å². The lowest BCUT2D eigenvalue weighted by Crippen LogP contribution is -2.45. The molecule has 3 aromatic carbocycles. The Morgan fingerprint density at radius 1 is 0.893 bits per heavy atom. The summed E-state index contributed by atoms with van der Waals surface area (Å²) < 4.78 is 11.1. The zero-order valence-corrected chi connectivity index (χ0v) is 15.4. The molecule has 28 heavy (non-hydrogen) atoms. The number of methoxy groups -OCH3 is 1. The van der Waals surface area contributed by atoms with E-state index in [9.17, 15) is 14.7 Å². The second-order valence-corrected chi connectivity index (χ2v) is 6.95. The van der Waals surface area contributed by atoms with Crippen LogP contribution in [0.1, 0.15) is 17.9 Å². The number of hydrogen-bond acceptors (Lipinski definition) is 4. The number of para-hydroxylation sites is 1. The molecule has 1 saturated carbocycles. The Balaban J connectivity index is 1.64. The first-order valence-electron chi connectivity index (χ1n) is 9.15. The molecule has 0 saturated heterocycles. The van der Waals surface area contributed by atoms with E-state index in [1.165, 1.54) is 7.11 Å². The lowest BCUT2D eigenvalue weighted by Gasteiger charge is -2.41. The Morgan fingerprint density at radius 3 is 2.36 bits per heavy atom. The molecule has 0 radical (unpaired) electrons. The number of aliphatic carboxylic acids is 1. The van der Waals surface area contributed by atoms with Gasteiger partial charge in [0, 0.05) is 11.3 Å². The zero-order valence-electron chi connectivity index (χ0n) is 15.4. The van der Waals surface area contributed by atoms with Gasteiger partial charge in [0.05, 0.1) is 18.9 Å². The van der Waals surface area contributed by atoms with Gasteiger partial charge < -0.3 is 14.6 Å². The van der Waals surface area contributed by atoms with Crippen LogP contribution in [0.3, 0.4) is 0 Å². The highest BCUT2D eigenvalue weighted by Gasteiger charge is 2.51. The summed E-state index contributed by atoms with van der Waals surface area (Å²) in [5.74, 6) is -1.90. The lowest BCUT2D eigenvalue weighted by molar-refractivity contribution is -0.155. The van der Waals surface area contributed by atoms with E-state index >= 15 is 0 Å². The van der Waals surface area contributed by atoms with E-state index in [4.69, 9.17) is 9.47 Å². The van der Waals surface area contributed by atoms with Crippen molar-refractivity contribution in [2.24, 2.45) is 11.8 Å². The van der Waals surface area contributed by atoms with Crippen LogP contribution in [0.25, 0.3) is 10.8 Å². The minimum Gasteiger partial charge on any atom is -0.496 e. The van der Waals surface area contributed by atoms with Gasteiger partial charge in [-0.05, 0) is 29.5 Å². The van der Waals surface area contributed by atoms with Gasteiger partial charge in [0.2, 0.25) is 0 Å². The van der Waals surface area contributed by atoms with E-state index in [0.717, 1.165) is 16.3 Å². The molecule has 0 unspecified atom stereocenters. The van der Waals surface area contributed by atoms with Gasteiger partial charge in [0.1, 0.15) is 11.5 Å². The molecule has 1 fully saturated rings. The second-order valence-electron chi connectivity index (χ2n) is 6.95. The highest BCUT2D eigenvalue weighted by Crippen LogP contribution is 2.51. The van der Waals surface area contributed by atoms with Crippen molar-refractivity contribution in [2.75, 3.05) is 7.11 Å². The maximum Gasteiger partial charge on any atom is 0.315 e. The Morgan fingerprint density at radius 2 is 1.57 bits per heavy atom. The van der Waals surface area contributed by atoms with E-state index < -0.39 is 29.7 Å². The summed E-state index contributed by atoms with van der Waals surface area (Å²) in [6, 6.07) is 20.4. The van der Waals surface area contributed by atoms with Gasteiger partial charge in [-0.3, -0.25) is 9.59 Å². The summed E-state index contributed by atoms with van der Waals surface area (Å²) in [5, 5.41) is 11.4. The van der Waals surface area contributed by atoms with Gasteiger partial charge in [-0.1, -0.05) is 54.6 Å². The lowest BCUT2D eigenvalue weighted by atomic mass is 9.61. The third-order valence-corrected chi connectivity index (χ3v) is 5.45. The molecule has 0 amide bonds. The highest BCUT2D eigenvalue weighted by atomic mass is 16.5. The molecule has 1 N–H and O–H groups in total. The van der Waals surface area contributed by atoms with Crippen LogP contribution in [-0.2, 0) is 9.59 Å². The topological polar surface area (TPSA) is 72.8 Å². The van der Waals surface area contributed by atoms with Gasteiger partial charge in [0.15, 0.2) is 0 Å². The molecule has 3 aromatic rings. The number of carbonyl (C=O) groups excluding carboxylic acids is 1. The Bertz CT molecular complexity index is 1040. The van der Waals surface area contributed by atoms with Gasteiger partial charge in [-0.2, -0.15) is 0 Å². The minimum absolute atomic E-state index is 0.252. The average molecular weight is 376 g/mol. The molecule has 5 heteroatoms. The molecule has 1 aliphatic rings. The van der Waals surface area contributed by atoms with Crippen molar-refractivity contribution in [3.8, 4) is 11.5 Å². The molecule has 0 aliphatic heterocycles. The molecule has 0 spiro atoms. The third-order valence-electron chi connectivity index (χ3n) is 5.45. The summed E-state index contributed by atoms with van der Waals surface area (Å²) in [6.45, 7) is 0. The molecule has 142 valence electrons. The number of hydrogen-bond donors (Lipinski definition) is 1. The summed E-state index contributed by atoms with van der Waals surface area (Å²) in [4.78, 5) is 24.6. The van der Waals surface area contributed by atoms with Crippen molar-refractivity contribution in [1.29, 1.82) is 0 Å². The minimum atomic E-state index is -0.912. The van der Waals surface area contributed by atoms with Crippen molar-refractivity contribution >= 4 is 22.7 Å². The Kier molecular flexibility index (Phi) is 4.74. The smallest absolute Gasteiger partial charge is 0.315 e. The van der Waals surface area contributed by atoms with Gasteiger partial charge in [-0.25, -0.2) is 0 Å². The number of esters is 1. The summed E-state index contributed by atoms with van der Waals surface area (Å²) in [5.41, 5.74) is 0.725. The predicted molar refractivity (Wildman–Crippen MR) is 105 cm³/mol. The van der Waals surface area contributed by atoms with Gasteiger partial charge in [0.25, 0.3) is 0 Å². The van der Waals surface area contributed by atoms with Crippen LogP contribution in [0.5, 0.6) is 11.5 Å². The SMILES string of the molecule is COc1ccccc1[C@H]1[C@@H](C(=O)O)C[C@H]1C(=O)Oc1cccc2ccccc12. The Labute approximate surface area is 162 Å². The quantitative estimate of drug-likeness (QED) is 0.532. The summed E-state index contributed by atoms with van der Waals surface area (Å²) in [6.07, 6.45) is 0.252. The number of fused-ring (bicyclic) bond motifs is 1. The second kappa shape index (κ2) is 7.35. The number of carboxylic acids is 1. The zero-order chi connectivity index (χ0) is 19.7. The normalized spacial score (nSPS) is 21.0. The molecule has 0 bridgehead atoms. The van der Waals surface area contributed by atoms with Crippen LogP contribution in [-0.4, -0.2) is 24.2 Å². The summed E-state index contributed by atoms with van der Waals surface area (Å²) in [7, 11) is 1.54. The largest absolute Gasteiger partial charge is 0.496 e. The number of benzene rings is 3. The van der Waals surface area contributed by atoms with Crippen LogP contribution >= 0.6 is 0 Å². The molecule has 5 nitrogen and oxygen atoms in total. The first-order valence-corrected chi connectivity index (χ1v) is 9.15. The average Bonchev–Trinajstić information content (AvgIpc) is 2.67. The van der Waals surface area contributed by atoms with E-state index in [1.807, 2.05) is 54.6 Å². The van der Waals surface area contributed by atoms with Crippen molar-refractivity contribution in [3.05, 3.63) is 72.3 Å². The molecule has 4 rings (SSSR count). The summed E-state index contributed by atoms with van der Waals surface area (Å²) >= 11 is 0. The molecular formula is C23H20O5. The number of carbonyl (C=O) groups is 2. The fraction of sp³-hybridized carbons (Fsp3) is 0.217. The molecule has 0 aromatic heterocycles. The van der Waals surface area contributed by atoms with Gasteiger partial charge >= 0.3 is 11.9 Å². The maximum atomic E-state index is 12.9. The van der Waals surface area contributed by atoms with Crippen molar-refractivity contribution < 1.29 is 24.2 Å². The monoisotopic (exact) mass is 376 g/mol. The highest BCUT2D eigenvalue weighted by molar-refractivity contribution is 5.91. The van der Waals surface area contributed by atoms with E-state index in [0.29, 0.717) is 11.5 Å². The maximum absolute atomic E-state index is 12.9. The fourth-order valence-electron chi connectivity index (χ4n) is 3.99. The third kappa shape index (κ3) is 3.09. The van der Waals surface area contributed by atoms with Crippen LogP contribution in [0.4, 0.5) is 0 Å². The first-order chi connectivity index (χ1) is 13.6. The predicted octanol–water partition coefficient (Wildman–Crippen LogP) is 4.26. The van der Waals surface area contributed by atoms with E-state index in [2.05, 4.69) is 0 Å². The Hall–Kier alpha value is -3.34. The van der Waals surface area contributed by atoms with E-state index in [-0.39, 0.29) is 6.42 Å². The fourth-order valence-corrected chi connectivity index (χ4v) is 3.99. The molecule has 0 heterocycles. The first kappa shape index (κ1) is 18.0. The van der Waals surface area contributed by atoms with Crippen LogP contribution < -0.4 is 9.47 Å². The number of carboxylic acid groups (broad SMARTS) is 1. The molecule has 3 atom stereocenters. The van der Waals surface area contributed by atoms with E-state index in [1.54, 1.807) is 12.1 Å². The molecule has 1 aliphatic carbocycles. The molecular weight excluding hydrogens is 356 g/mol. The standard InChI is InChI=1S/C23H20O5/c1-27-19-11-5-4-10-16(19)21-17(22(24)25)13-18(21)23(26)28-20-12-6-8-14-7-2-3-9-15(14)20/h2-12,17-18,21H,13H2,1H3,(H,24,25)/t17-,18+,21-/m0/s1. The number of rotatable bonds is 5. The number of ether oxygens (including phenoxy) is 2. The van der Waals surface area contributed by atoms with Crippen LogP contribution in [0.15, 0.2) is 66.7 Å². The van der Waals surface area contributed by atoms with Gasteiger partial charge in [-0.15, -0.1) is 0 Å². The van der Waals surface area contributed by atoms with Crippen molar-refractivity contribution in [3.63, 3.8) is 0 Å².